The summed E-state index contributed by atoms with van der Waals surface area (Å²) in [5, 5.41) is 50.5. The first-order chi connectivity index (χ1) is 41.2. The molecule has 7 N–H and O–H groups in total. The third-order valence-corrected chi connectivity index (χ3v) is 11.9. The quantitative estimate of drug-likeness (QED) is 0.0366. The Morgan fingerprint density at radius 3 is 1.07 bits per heavy atom. The van der Waals surface area contributed by atoms with Crippen LogP contribution in [-0.2, 0) is 40.4 Å². The fraction of sp³-hybridized carbons (Fsp3) is 0.318. The second-order valence-electron chi connectivity index (χ2n) is 21.9. The molecule has 0 aliphatic carbocycles. The number of hydrogen-bond acceptors (Lipinski definition) is 12. The molecule has 0 aliphatic rings. The molecule has 0 atom stereocenters. The minimum atomic E-state index is -1.46. The van der Waals surface area contributed by atoms with E-state index in [9.17, 15) is 29.0 Å². The van der Waals surface area contributed by atoms with Gasteiger partial charge in [-0.2, -0.15) is 0 Å². The molecule has 0 bridgehead atoms. The minimum absolute atomic E-state index is 0. The summed E-state index contributed by atoms with van der Waals surface area (Å²) in [6, 6.07) is 52.0. The molecule has 7 aromatic carbocycles. The van der Waals surface area contributed by atoms with Gasteiger partial charge in [0.05, 0.1) is 13.9 Å². The van der Waals surface area contributed by atoms with Gasteiger partial charge in [0.1, 0.15) is 34.1 Å². The van der Waals surface area contributed by atoms with E-state index in [1.165, 1.54) is 35.4 Å². The Kier molecular flexibility index (Phi) is 38.3. The molecule has 0 fully saturated rings. The van der Waals surface area contributed by atoms with Crippen LogP contribution in [0, 0.1) is 0 Å². The molecule has 0 aliphatic heterocycles. The van der Waals surface area contributed by atoms with Gasteiger partial charge in [-0.3, -0.25) is 4.39 Å². The third kappa shape index (κ3) is 37.3. The molecule has 22 heteroatoms. The number of nitrogens with one attached hydrogen (secondary N) is 2. The van der Waals surface area contributed by atoms with Crippen LogP contribution >= 0.6 is 67.5 Å². The van der Waals surface area contributed by atoms with Gasteiger partial charge < -0.3 is 60.0 Å². The average molecular weight is 1410 g/mol. The van der Waals surface area contributed by atoms with Gasteiger partial charge in [-0.1, -0.05) is 141 Å². The summed E-state index contributed by atoms with van der Waals surface area (Å²) in [5.41, 5.74) is 7.76. The van der Waals surface area contributed by atoms with Gasteiger partial charge in [-0.05, 0) is 180 Å². The molecule has 0 spiro atoms. The Labute approximate surface area is 554 Å². The van der Waals surface area contributed by atoms with Crippen LogP contribution in [0.4, 0.5) is 18.8 Å². The minimum Gasteiger partial charge on any atom is -0.508 e. The van der Waals surface area contributed by atoms with Crippen molar-refractivity contribution in [3.8, 4) is 39.5 Å². The summed E-state index contributed by atoms with van der Waals surface area (Å²) in [5.74, 6) is 0.671. The second-order valence-corrected chi connectivity index (χ2v) is 24.5. The van der Waals surface area contributed by atoms with E-state index in [0.717, 1.165) is 48.9 Å². The zero-order valence-corrected chi connectivity index (χ0v) is 57.4. The smallest absolute Gasteiger partial charge is 0.488 e. The number of alkyl halides is 3. The maximum Gasteiger partial charge on any atom is 0.488 e. The lowest BCUT2D eigenvalue weighted by molar-refractivity contribution is 0.0275. The van der Waals surface area contributed by atoms with E-state index in [4.69, 9.17) is 53.9 Å². The summed E-state index contributed by atoms with van der Waals surface area (Å²) in [4.78, 5) is 38.2. The Morgan fingerprint density at radius 1 is 0.511 bits per heavy atom. The van der Waals surface area contributed by atoms with E-state index < -0.39 is 37.2 Å². The molecule has 88 heavy (non-hydrogen) atoms. The zero-order valence-electron chi connectivity index (χ0n) is 52.9. The zero-order chi connectivity index (χ0) is 66.6. The maximum absolute atomic E-state index is 12.0. The van der Waals surface area contributed by atoms with E-state index in [1.54, 1.807) is 48.2 Å². The van der Waals surface area contributed by atoms with Crippen molar-refractivity contribution in [2.45, 2.75) is 105 Å². The molecule has 0 aromatic heterocycles. The Morgan fingerprint density at radius 2 is 0.773 bits per heavy atom. The second kappa shape index (κ2) is 42.4. The molecule has 0 unspecified atom stereocenters. The SMILES string of the molecule is CC(C)(C)OC(=O)NCc1ccc(Br)cc1.CN(Cc1ccc(-c2ccc(O)cc2)cc1)C(=O)OC(C)(C)C.CN(Cc1ccc(Br)cc1)C(=O)OC(C)(C)C.CNCc1ccc(-c2ccc(O)cc2)cc1.Cl.ClCCl.OB(O)c1ccc(O)cc1.[2H]CF. The van der Waals surface area contributed by atoms with Crippen LogP contribution in [0.5, 0.6) is 17.2 Å². The number of nitrogens with zero attached hydrogens (tertiary/aromatic N) is 2. The van der Waals surface area contributed by atoms with E-state index in [1.807, 2.05) is 166 Å². The first-order valence-electron chi connectivity index (χ1n) is 27.8. The first kappa shape index (κ1) is 79.5. The number of amides is 3. The van der Waals surface area contributed by atoms with Crippen LogP contribution in [-0.4, -0.2) is 111 Å². The van der Waals surface area contributed by atoms with Crippen molar-refractivity contribution in [2.24, 2.45) is 0 Å². The fourth-order valence-corrected chi connectivity index (χ4v) is 7.34. The van der Waals surface area contributed by atoms with E-state index in [0.29, 0.717) is 30.8 Å². The highest BCUT2D eigenvalue weighted by Gasteiger charge is 2.21. The molecule has 3 amide bonds. The lowest BCUT2D eigenvalue weighted by Crippen LogP contribution is -2.33. The Balaban J connectivity index is 0.00000108. The lowest BCUT2D eigenvalue weighted by atomic mass is 9.80. The number of benzene rings is 7. The average Bonchev–Trinajstić information content (AvgIpc) is 3.55. The summed E-state index contributed by atoms with van der Waals surface area (Å²) in [6.07, 6.45) is -1.03. The number of ether oxygens (including phenoxy) is 3. The van der Waals surface area contributed by atoms with Gasteiger partial charge >= 0.3 is 25.4 Å². The normalized spacial score (nSPS) is 10.4. The monoisotopic (exact) mass is 1400 g/mol. The topological polar surface area (TPSA) is 211 Å². The maximum atomic E-state index is 12.0. The van der Waals surface area contributed by atoms with Crippen molar-refractivity contribution in [2.75, 3.05) is 33.6 Å². The van der Waals surface area contributed by atoms with Crippen LogP contribution in [0.2, 0.25) is 0 Å². The van der Waals surface area contributed by atoms with E-state index in [2.05, 4.69) is 66.8 Å². The van der Waals surface area contributed by atoms with E-state index in [-0.39, 0.29) is 41.4 Å². The number of aromatic hydroxyl groups is 3. The first-order valence-corrected chi connectivity index (χ1v) is 29.7. The van der Waals surface area contributed by atoms with Gasteiger partial charge in [0, 0.05) is 49.2 Å². The Hall–Kier alpha value is -6.55. The van der Waals surface area contributed by atoms with Gasteiger partial charge in [0.25, 0.3) is 0 Å². The highest BCUT2D eigenvalue weighted by atomic mass is 79.9. The Bertz CT molecular complexity index is 3050. The highest BCUT2D eigenvalue weighted by Crippen LogP contribution is 2.24. The summed E-state index contributed by atoms with van der Waals surface area (Å²) in [6.45, 7) is 19.0. The molecule has 0 radical (unpaired) electrons. The summed E-state index contributed by atoms with van der Waals surface area (Å²) >= 11 is 16.3. The van der Waals surface area contributed by atoms with Crippen LogP contribution in [0.15, 0.2) is 179 Å². The number of carbonyl (C=O) groups is 3. The number of rotatable bonds is 11. The van der Waals surface area contributed by atoms with Gasteiger partial charge in [-0.25, -0.2) is 14.4 Å². The number of phenols is 3. The fourth-order valence-electron chi connectivity index (χ4n) is 6.81. The van der Waals surface area contributed by atoms with Crippen molar-refractivity contribution in [3.63, 3.8) is 0 Å². The van der Waals surface area contributed by atoms with Gasteiger partial charge in [-0.15, -0.1) is 35.6 Å². The van der Waals surface area contributed by atoms with Gasteiger partial charge in [0.15, 0.2) is 0 Å². The van der Waals surface area contributed by atoms with Crippen LogP contribution in [0.3, 0.4) is 0 Å². The third-order valence-electron chi connectivity index (χ3n) is 10.8. The van der Waals surface area contributed by atoms with Crippen molar-refractivity contribution in [3.05, 3.63) is 201 Å². The predicted octanol–water partition coefficient (Wildman–Crippen LogP) is 16.0. The van der Waals surface area contributed by atoms with Crippen LogP contribution in [0.1, 0.15) is 85.9 Å². The molecule has 480 valence electrons. The lowest BCUT2D eigenvalue weighted by Gasteiger charge is -2.24. The van der Waals surface area contributed by atoms with E-state index >= 15 is 0 Å². The molecule has 7 rings (SSSR count). The number of phenolic OH excluding ortho intramolecular Hbond substituents is 3. The van der Waals surface area contributed by atoms with Crippen molar-refractivity contribution in [1.29, 1.82) is 0 Å². The van der Waals surface area contributed by atoms with Crippen LogP contribution < -0.4 is 16.1 Å². The standard InChI is InChI=1S/C19H23NO3.C14H15NO.C13H18BrNO2.C12H16BrNO2.C6H7BO3.CH2Cl2.CH3F.ClH/c1-19(2,3)23-18(22)20(4)13-14-5-7-15(8-6-14)16-9-11-17(21)12-10-16;1-15-10-11-2-4-12(5-3-11)13-6-8-14(16)9-7-13;1-13(2,3)17-12(16)15(4)9-10-5-7-11(14)8-6-10;1-12(2,3)16-11(15)14-8-9-4-6-10(13)7-5-9;8-6-3-1-5(2-4-6)7(9)10;2-1-3;1-2;/h5-12,21H,13H2,1-4H3;2-9,15-16H,10H2,1H3;5-8H,9H2,1-4H3;4-7H,8H2,1-3H3,(H,14,15);1-4,8-10H;1H2;1H3;1H/i;;;;;;1D;. The predicted molar refractivity (Wildman–Crippen MR) is 365 cm³/mol. The molecular weight excluding hydrogens is 1320 g/mol. The largest absolute Gasteiger partial charge is 0.508 e. The van der Waals surface area contributed by atoms with Crippen LogP contribution in [0.25, 0.3) is 22.3 Å². The summed E-state index contributed by atoms with van der Waals surface area (Å²) < 4.78 is 33.3. The highest BCUT2D eigenvalue weighted by molar-refractivity contribution is 9.10. The molecule has 15 nitrogen and oxygen atoms in total. The number of carbonyl (C=O) groups excluding carboxylic acids is 3. The van der Waals surface area contributed by atoms with Crippen molar-refractivity contribution < 1.29 is 59.7 Å². The van der Waals surface area contributed by atoms with Gasteiger partial charge in [0.2, 0.25) is 0 Å². The number of halogens is 6. The molecule has 0 heterocycles. The molecule has 0 saturated carbocycles. The number of hydrogen-bond donors (Lipinski definition) is 7. The number of alkyl carbamates (subject to hydrolysis) is 1. The van der Waals surface area contributed by atoms with Crippen molar-refractivity contribution >= 4 is 98.3 Å². The summed E-state index contributed by atoms with van der Waals surface area (Å²) in [7, 11) is 2.94. The molecular formula is C66H85BBr2Cl3FN4O11. The van der Waals surface area contributed by atoms with Crippen molar-refractivity contribution in [1.82, 2.24) is 20.4 Å². The molecule has 0 saturated heterocycles. The molecule has 7 aromatic rings.